The topological polar surface area (TPSA) is 35.8 Å². The van der Waals surface area contributed by atoms with Gasteiger partial charge >= 0.3 is 0 Å². The Kier molecular flexibility index (Phi) is 4.60. The standard InChI is InChI=1S/C17H23ClN2/c1-17(2,3)14-6-4-5-7-16(14)20-13-8-9-15(18)12(10-13)11-19/h8-10,14,16,20H,4-7H2,1-3H3. The van der Waals surface area contributed by atoms with Crippen molar-refractivity contribution in [1.29, 1.82) is 5.26 Å². The highest BCUT2D eigenvalue weighted by atomic mass is 35.5. The molecule has 108 valence electrons. The van der Waals surface area contributed by atoms with Crippen LogP contribution in [0.2, 0.25) is 5.02 Å². The first-order valence-corrected chi connectivity index (χ1v) is 7.76. The molecule has 1 fully saturated rings. The van der Waals surface area contributed by atoms with E-state index in [1.54, 1.807) is 6.07 Å². The van der Waals surface area contributed by atoms with Crippen LogP contribution in [0, 0.1) is 22.7 Å². The molecule has 2 nitrogen and oxygen atoms in total. The number of nitrogens with zero attached hydrogens (tertiary/aromatic N) is 1. The minimum absolute atomic E-state index is 0.308. The molecule has 0 aromatic heterocycles. The molecule has 1 saturated carbocycles. The van der Waals surface area contributed by atoms with Gasteiger partial charge in [0.1, 0.15) is 6.07 Å². The largest absolute Gasteiger partial charge is 0.382 e. The van der Waals surface area contributed by atoms with Crippen LogP contribution in [-0.4, -0.2) is 6.04 Å². The highest BCUT2D eigenvalue weighted by molar-refractivity contribution is 6.31. The lowest BCUT2D eigenvalue weighted by Gasteiger charge is -2.41. The average molecular weight is 291 g/mol. The molecule has 2 atom stereocenters. The molecule has 2 rings (SSSR count). The van der Waals surface area contributed by atoms with Crippen LogP contribution in [0.25, 0.3) is 0 Å². The number of hydrogen-bond donors (Lipinski definition) is 1. The fraction of sp³-hybridized carbons (Fsp3) is 0.588. The van der Waals surface area contributed by atoms with Gasteiger partial charge in [-0.15, -0.1) is 0 Å². The van der Waals surface area contributed by atoms with Crippen LogP contribution < -0.4 is 5.32 Å². The van der Waals surface area contributed by atoms with Crippen LogP contribution in [0.3, 0.4) is 0 Å². The zero-order chi connectivity index (χ0) is 14.8. The fourth-order valence-corrected chi connectivity index (χ4v) is 3.41. The normalized spacial score (nSPS) is 23.1. The van der Waals surface area contributed by atoms with E-state index >= 15 is 0 Å². The molecule has 20 heavy (non-hydrogen) atoms. The van der Waals surface area contributed by atoms with E-state index in [-0.39, 0.29) is 0 Å². The maximum atomic E-state index is 9.07. The van der Waals surface area contributed by atoms with Crippen LogP contribution in [0.5, 0.6) is 0 Å². The molecule has 1 aromatic carbocycles. The first kappa shape index (κ1) is 15.2. The van der Waals surface area contributed by atoms with Gasteiger partial charge in [-0.1, -0.05) is 45.2 Å². The number of benzene rings is 1. The zero-order valence-corrected chi connectivity index (χ0v) is 13.3. The number of rotatable bonds is 2. The van der Waals surface area contributed by atoms with Crippen molar-refractivity contribution >= 4 is 17.3 Å². The van der Waals surface area contributed by atoms with E-state index in [9.17, 15) is 0 Å². The summed E-state index contributed by atoms with van der Waals surface area (Å²) in [6.07, 6.45) is 5.08. The van der Waals surface area contributed by atoms with Crippen molar-refractivity contribution in [2.24, 2.45) is 11.3 Å². The quantitative estimate of drug-likeness (QED) is 0.809. The lowest BCUT2D eigenvalue weighted by Crippen LogP contribution is -2.39. The third kappa shape index (κ3) is 3.46. The molecule has 1 aromatic rings. The van der Waals surface area contributed by atoms with E-state index < -0.39 is 0 Å². The van der Waals surface area contributed by atoms with Crippen molar-refractivity contribution in [3.05, 3.63) is 28.8 Å². The van der Waals surface area contributed by atoms with Crippen molar-refractivity contribution < 1.29 is 0 Å². The molecule has 1 N–H and O–H groups in total. The molecular weight excluding hydrogens is 268 g/mol. The van der Waals surface area contributed by atoms with Crippen LogP contribution in [0.4, 0.5) is 5.69 Å². The SMILES string of the molecule is CC(C)(C)C1CCCCC1Nc1ccc(Cl)c(C#N)c1. The second-order valence-electron chi connectivity index (χ2n) is 6.81. The van der Waals surface area contributed by atoms with Crippen LogP contribution in [-0.2, 0) is 0 Å². The fourth-order valence-electron chi connectivity index (χ4n) is 3.26. The monoisotopic (exact) mass is 290 g/mol. The first-order chi connectivity index (χ1) is 9.41. The van der Waals surface area contributed by atoms with Gasteiger partial charge in [-0.25, -0.2) is 0 Å². The Bertz CT molecular complexity index is 511. The Balaban J connectivity index is 2.17. The van der Waals surface area contributed by atoms with Crippen LogP contribution in [0.15, 0.2) is 18.2 Å². The molecule has 1 aliphatic carbocycles. The van der Waals surface area contributed by atoms with Crippen molar-refractivity contribution in [3.63, 3.8) is 0 Å². The van der Waals surface area contributed by atoms with Gasteiger partial charge in [0.05, 0.1) is 10.6 Å². The predicted molar refractivity (Wildman–Crippen MR) is 85.0 cm³/mol. The third-order valence-corrected chi connectivity index (χ3v) is 4.65. The van der Waals surface area contributed by atoms with Crippen molar-refractivity contribution in [3.8, 4) is 6.07 Å². The van der Waals surface area contributed by atoms with Gasteiger partial charge in [-0.2, -0.15) is 5.26 Å². The van der Waals surface area contributed by atoms with E-state index in [0.717, 1.165) is 5.69 Å². The number of anilines is 1. The molecule has 2 unspecified atom stereocenters. The Morgan fingerprint density at radius 3 is 2.60 bits per heavy atom. The van der Waals surface area contributed by atoms with E-state index in [4.69, 9.17) is 16.9 Å². The smallest absolute Gasteiger partial charge is 0.101 e. The van der Waals surface area contributed by atoms with Gasteiger partial charge in [0.2, 0.25) is 0 Å². The van der Waals surface area contributed by atoms with Crippen LogP contribution >= 0.6 is 11.6 Å². The van der Waals surface area contributed by atoms with Gasteiger partial charge in [0, 0.05) is 11.7 Å². The van der Waals surface area contributed by atoms with E-state index in [0.29, 0.717) is 28.0 Å². The molecular formula is C17H23ClN2. The van der Waals surface area contributed by atoms with Gasteiger partial charge in [0.15, 0.2) is 0 Å². The van der Waals surface area contributed by atoms with Gasteiger partial charge < -0.3 is 5.32 Å². The number of hydrogen-bond acceptors (Lipinski definition) is 2. The third-order valence-electron chi connectivity index (χ3n) is 4.32. The maximum Gasteiger partial charge on any atom is 0.101 e. The summed E-state index contributed by atoms with van der Waals surface area (Å²) in [6, 6.07) is 8.26. The highest BCUT2D eigenvalue weighted by Crippen LogP contribution is 2.39. The first-order valence-electron chi connectivity index (χ1n) is 7.38. The lowest BCUT2D eigenvalue weighted by molar-refractivity contribution is 0.163. The average Bonchev–Trinajstić information content (AvgIpc) is 2.40. The Labute approximate surface area is 127 Å². The minimum Gasteiger partial charge on any atom is -0.382 e. The summed E-state index contributed by atoms with van der Waals surface area (Å²) in [4.78, 5) is 0. The maximum absolute atomic E-state index is 9.07. The van der Waals surface area contributed by atoms with Gasteiger partial charge in [-0.05, 0) is 42.4 Å². The zero-order valence-electron chi connectivity index (χ0n) is 12.5. The highest BCUT2D eigenvalue weighted by Gasteiger charge is 2.34. The molecule has 0 spiro atoms. The molecule has 0 aliphatic heterocycles. The summed E-state index contributed by atoms with van der Waals surface area (Å²) in [6.45, 7) is 6.96. The van der Waals surface area contributed by atoms with Crippen molar-refractivity contribution in [2.45, 2.75) is 52.5 Å². The summed E-state index contributed by atoms with van der Waals surface area (Å²) in [7, 11) is 0. The summed E-state index contributed by atoms with van der Waals surface area (Å²) < 4.78 is 0. The molecule has 3 heteroatoms. The van der Waals surface area contributed by atoms with Crippen molar-refractivity contribution in [2.75, 3.05) is 5.32 Å². The molecule has 0 amide bonds. The van der Waals surface area contributed by atoms with E-state index in [2.05, 4.69) is 32.2 Å². The molecule has 0 radical (unpaired) electrons. The Morgan fingerprint density at radius 2 is 1.95 bits per heavy atom. The molecule has 0 bridgehead atoms. The summed E-state index contributed by atoms with van der Waals surface area (Å²) >= 11 is 5.99. The second kappa shape index (κ2) is 6.06. The van der Waals surface area contributed by atoms with Crippen LogP contribution in [0.1, 0.15) is 52.0 Å². The number of halogens is 1. The summed E-state index contributed by atoms with van der Waals surface area (Å²) in [5.41, 5.74) is 1.86. The second-order valence-corrected chi connectivity index (χ2v) is 7.22. The predicted octanol–water partition coefficient (Wildman–Crippen LogP) is 5.23. The van der Waals surface area contributed by atoms with E-state index in [1.165, 1.54) is 25.7 Å². The number of nitriles is 1. The molecule has 0 heterocycles. The lowest BCUT2D eigenvalue weighted by atomic mass is 9.69. The Morgan fingerprint density at radius 1 is 1.25 bits per heavy atom. The summed E-state index contributed by atoms with van der Waals surface area (Å²) in [5, 5.41) is 13.2. The number of nitrogens with one attached hydrogen (secondary N) is 1. The molecule has 0 saturated heterocycles. The van der Waals surface area contributed by atoms with E-state index in [1.807, 2.05) is 12.1 Å². The Hall–Kier alpha value is -1.20. The minimum atomic E-state index is 0.308. The van der Waals surface area contributed by atoms with Gasteiger partial charge in [-0.3, -0.25) is 0 Å². The van der Waals surface area contributed by atoms with Crippen molar-refractivity contribution in [1.82, 2.24) is 0 Å². The summed E-state index contributed by atoms with van der Waals surface area (Å²) in [5.74, 6) is 0.664. The molecule has 1 aliphatic rings. The van der Waals surface area contributed by atoms with Gasteiger partial charge in [0.25, 0.3) is 0 Å².